The molecular formula is C14H10BrFO. The molecule has 0 aromatic heterocycles. The minimum atomic E-state index is -0.486. The number of ketones is 1. The number of rotatable bonds is 2. The first-order valence-electron chi connectivity index (χ1n) is 5.15. The van der Waals surface area contributed by atoms with Gasteiger partial charge in [-0.3, -0.25) is 4.79 Å². The van der Waals surface area contributed by atoms with Crippen LogP contribution in [0, 0.1) is 12.7 Å². The lowest BCUT2D eigenvalue weighted by Gasteiger charge is -2.06. The summed E-state index contributed by atoms with van der Waals surface area (Å²) in [6.07, 6.45) is 0. The Bertz CT molecular complexity index is 578. The minimum absolute atomic E-state index is 0.109. The van der Waals surface area contributed by atoms with E-state index in [1.165, 1.54) is 12.1 Å². The monoisotopic (exact) mass is 292 g/mol. The molecule has 0 aliphatic heterocycles. The number of aryl methyl sites for hydroxylation is 1. The molecule has 3 heteroatoms. The largest absolute Gasteiger partial charge is 0.288 e. The van der Waals surface area contributed by atoms with Crippen LogP contribution in [0.2, 0.25) is 0 Å². The lowest BCUT2D eigenvalue weighted by atomic mass is 9.99. The van der Waals surface area contributed by atoms with E-state index in [4.69, 9.17) is 0 Å². The Morgan fingerprint density at radius 2 is 1.82 bits per heavy atom. The molecule has 0 saturated heterocycles. The molecule has 0 aliphatic rings. The van der Waals surface area contributed by atoms with Gasteiger partial charge in [0.15, 0.2) is 5.78 Å². The predicted molar refractivity (Wildman–Crippen MR) is 68.7 cm³/mol. The van der Waals surface area contributed by atoms with Gasteiger partial charge >= 0.3 is 0 Å². The molecule has 0 unspecified atom stereocenters. The summed E-state index contributed by atoms with van der Waals surface area (Å²) in [4.78, 5) is 12.1. The van der Waals surface area contributed by atoms with E-state index in [9.17, 15) is 9.18 Å². The molecule has 0 fully saturated rings. The molecule has 0 heterocycles. The zero-order valence-electron chi connectivity index (χ0n) is 9.21. The Kier molecular flexibility index (Phi) is 3.38. The maximum Gasteiger partial charge on any atom is 0.196 e. The van der Waals surface area contributed by atoms with Gasteiger partial charge in [-0.15, -0.1) is 0 Å². The summed E-state index contributed by atoms with van der Waals surface area (Å²) in [5.41, 5.74) is 1.46. The van der Waals surface area contributed by atoms with Crippen molar-refractivity contribution in [1.29, 1.82) is 0 Å². The molecule has 17 heavy (non-hydrogen) atoms. The average molecular weight is 293 g/mol. The molecule has 0 amide bonds. The van der Waals surface area contributed by atoms with Crippen molar-refractivity contribution >= 4 is 21.7 Å². The fourth-order valence-corrected chi connectivity index (χ4v) is 2.15. The average Bonchev–Trinajstić information content (AvgIpc) is 2.29. The van der Waals surface area contributed by atoms with Gasteiger partial charge in [0.1, 0.15) is 5.82 Å². The lowest BCUT2D eigenvalue weighted by molar-refractivity contribution is 0.103. The zero-order chi connectivity index (χ0) is 12.4. The summed E-state index contributed by atoms with van der Waals surface area (Å²) in [6.45, 7) is 1.83. The fourth-order valence-electron chi connectivity index (χ4n) is 1.67. The lowest BCUT2D eigenvalue weighted by Crippen LogP contribution is -2.05. The van der Waals surface area contributed by atoms with Gasteiger partial charge in [-0.2, -0.15) is 0 Å². The van der Waals surface area contributed by atoms with Crippen LogP contribution in [-0.2, 0) is 0 Å². The van der Waals surface area contributed by atoms with E-state index in [0.717, 1.165) is 10.0 Å². The normalized spacial score (nSPS) is 10.3. The van der Waals surface area contributed by atoms with Crippen molar-refractivity contribution < 1.29 is 9.18 Å². The topological polar surface area (TPSA) is 17.1 Å². The summed E-state index contributed by atoms with van der Waals surface area (Å²) in [7, 11) is 0. The minimum Gasteiger partial charge on any atom is -0.288 e. The molecule has 86 valence electrons. The third kappa shape index (κ3) is 2.44. The number of hydrogen-bond acceptors (Lipinski definition) is 1. The quantitative estimate of drug-likeness (QED) is 0.761. The molecule has 0 bridgehead atoms. The zero-order valence-corrected chi connectivity index (χ0v) is 10.8. The van der Waals surface area contributed by atoms with Crippen LogP contribution in [0.1, 0.15) is 21.5 Å². The van der Waals surface area contributed by atoms with Gasteiger partial charge in [-0.1, -0.05) is 28.1 Å². The van der Waals surface area contributed by atoms with Gasteiger partial charge in [-0.05, 0) is 42.8 Å². The number of carbonyl (C=O) groups is 1. The van der Waals surface area contributed by atoms with Crippen molar-refractivity contribution in [3.05, 3.63) is 69.4 Å². The summed E-state index contributed by atoms with van der Waals surface area (Å²) in [6, 6.07) is 11.3. The molecule has 0 aliphatic carbocycles. The molecule has 0 atom stereocenters. The Morgan fingerprint density at radius 1 is 1.12 bits per heavy atom. The fraction of sp³-hybridized carbons (Fsp3) is 0.0714. The van der Waals surface area contributed by atoms with Gasteiger partial charge in [-0.25, -0.2) is 4.39 Å². The number of carbonyl (C=O) groups excluding carboxylic acids is 1. The third-order valence-corrected chi connectivity index (χ3v) is 3.04. The molecule has 0 radical (unpaired) electrons. The van der Waals surface area contributed by atoms with Crippen molar-refractivity contribution in [3.8, 4) is 0 Å². The highest BCUT2D eigenvalue weighted by Gasteiger charge is 2.15. The standard InChI is InChI=1S/C14H10BrFO/c1-9-8-10(15)6-7-11(9)14(17)12-4-2-3-5-13(12)16/h2-8H,1H3. The molecule has 2 aromatic carbocycles. The van der Waals surface area contributed by atoms with Gasteiger partial charge in [0.25, 0.3) is 0 Å². The molecule has 2 aromatic rings. The van der Waals surface area contributed by atoms with Gasteiger partial charge < -0.3 is 0 Å². The van der Waals surface area contributed by atoms with E-state index >= 15 is 0 Å². The van der Waals surface area contributed by atoms with Gasteiger partial charge in [0.2, 0.25) is 0 Å². The number of benzene rings is 2. The van der Waals surface area contributed by atoms with Crippen molar-refractivity contribution in [2.45, 2.75) is 6.92 Å². The van der Waals surface area contributed by atoms with E-state index in [1.807, 2.05) is 13.0 Å². The smallest absolute Gasteiger partial charge is 0.196 e. The second-order valence-corrected chi connectivity index (χ2v) is 4.68. The molecule has 0 spiro atoms. The Morgan fingerprint density at radius 3 is 2.47 bits per heavy atom. The first kappa shape index (κ1) is 12.0. The molecular weight excluding hydrogens is 283 g/mol. The third-order valence-electron chi connectivity index (χ3n) is 2.55. The van der Waals surface area contributed by atoms with Crippen molar-refractivity contribution in [2.75, 3.05) is 0 Å². The van der Waals surface area contributed by atoms with Crippen LogP contribution in [0.25, 0.3) is 0 Å². The number of hydrogen-bond donors (Lipinski definition) is 0. The Labute approximate surface area is 107 Å². The number of halogens is 2. The summed E-state index contributed by atoms with van der Waals surface area (Å²) in [5.74, 6) is -0.770. The first-order valence-corrected chi connectivity index (χ1v) is 5.94. The van der Waals surface area contributed by atoms with Gasteiger partial charge in [0, 0.05) is 10.0 Å². The van der Waals surface area contributed by atoms with Crippen LogP contribution in [-0.4, -0.2) is 5.78 Å². The summed E-state index contributed by atoms with van der Waals surface area (Å²) < 4.78 is 14.4. The maximum atomic E-state index is 13.5. The van der Waals surface area contributed by atoms with Crippen LogP contribution in [0.5, 0.6) is 0 Å². The van der Waals surface area contributed by atoms with E-state index in [1.54, 1.807) is 24.3 Å². The van der Waals surface area contributed by atoms with Crippen LogP contribution < -0.4 is 0 Å². The summed E-state index contributed by atoms with van der Waals surface area (Å²) >= 11 is 3.33. The first-order chi connectivity index (χ1) is 8.09. The van der Waals surface area contributed by atoms with Crippen LogP contribution in [0.15, 0.2) is 46.9 Å². The highest BCUT2D eigenvalue weighted by molar-refractivity contribution is 9.10. The van der Waals surface area contributed by atoms with Crippen LogP contribution in [0.4, 0.5) is 4.39 Å². The van der Waals surface area contributed by atoms with Crippen LogP contribution >= 0.6 is 15.9 Å². The van der Waals surface area contributed by atoms with Crippen LogP contribution in [0.3, 0.4) is 0 Å². The van der Waals surface area contributed by atoms with E-state index in [0.29, 0.717) is 5.56 Å². The van der Waals surface area contributed by atoms with E-state index in [2.05, 4.69) is 15.9 Å². The second-order valence-electron chi connectivity index (χ2n) is 3.77. The second kappa shape index (κ2) is 4.80. The highest BCUT2D eigenvalue weighted by atomic mass is 79.9. The Balaban J connectivity index is 2.48. The SMILES string of the molecule is Cc1cc(Br)ccc1C(=O)c1ccccc1F. The van der Waals surface area contributed by atoms with Gasteiger partial charge in [0.05, 0.1) is 5.56 Å². The highest BCUT2D eigenvalue weighted by Crippen LogP contribution is 2.20. The van der Waals surface area contributed by atoms with Crippen molar-refractivity contribution in [1.82, 2.24) is 0 Å². The molecule has 0 saturated carbocycles. The summed E-state index contributed by atoms with van der Waals surface area (Å²) in [5, 5.41) is 0. The van der Waals surface area contributed by atoms with E-state index in [-0.39, 0.29) is 11.3 Å². The Hall–Kier alpha value is -1.48. The molecule has 1 nitrogen and oxygen atoms in total. The maximum absolute atomic E-state index is 13.5. The molecule has 2 rings (SSSR count). The predicted octanol–water partition coefficient (Wildman–Crippen LogP) is 4.13. The van der Waals surface area contributed by atoms with Crippen molar-refractivity contribution in [2.24, 2.45) is 0 Å². The van der Waals surface area contributed by atoms with Crippen molar-refractivity contribution in [3.63, 3.8) is 0 Å². The molecule has 0 N–H and O–H groups in total. The van der Waals surface area contributed by atoms with E-state index < -0.39 is 5.82 Å².